The van der Waals surface area contributed by atoms with Crippen LogP contribution in [0.3, 0.4) is 0 Å². The first-order valence-electron chi connectivity index (χ1n) is 9.55. The molecule has 0 atom stereocenters. The quantitative estimate of drug-likeness (QED) is 0.510. The van der Waals surface area contributed by atoms with Crippen molar-refractivity contribution in [1.29, 1.82) is 0 Å². The second-order valence-corrected chi connectivity index (χ2v) is 7.27. The van der Waals surface area contributed by atoms with E-state index in [0.717, 1.165) is 12.8 Å². The fourth-order valence-electron chi connectivity index (χ4n) is 3.07. The van der Waals surface area contributed by atoms with E-state index in [0.29, 0.717) is 0 Å². The van der Waals surface area contributed by atoms with Gasteiger partial charge in [0, 0.05) is 0 Å². The first kappa shape index (κ1) is 24.4. The predicted octanol–water partition coefficient (Wildman–Crippen LogP) is 4.23. The van der Waals surface area contributed by atoms with E-state index >= 15 is 0 Å². The van der Waals surface area contributed by atoms with Crippen molar-refractivity contribution in [2.45, 2.75) is 70.3 Å². The Hall–Kier alpha value is -0.610. The van der Waals surface area contributed by atoms with Gasteiger partial charge in [0.2, 0.25) is 0 Å². The van der Waals surface area contributed by atoms with Crippen molar-refractivity contribution >= 4 is 12.4 Å². The minimum atomic E-state index is -0.531. The lowest BCUT2D eigenvalue weighted by molar-refractivity contribution is 0.0107. The predicted molar refractivity (Wildman–Crippen MR) is 110 cm³/mol. The summed E-state index contributed by atoms with van der Waals surface area (Å²) in [5.74, 6) is 0. The minimum absolute atomic E-state index is 0. The van der Waals surface area contributed by atoms with Gasteiger partial charge in [0.1, 0.15) is 0 Å². The van der Waals surface area contributed by atoms with Gasteiger partial charge in [-0.25, -0.2) is 0 Å². The van der Waals surface area contributed by atoms with Gasteiger partial charge in [0.15, 0.2) is 0 Å². The van der Waals surface area contributed by atoms with Gasteiger partial charge in [-0.1, -0.05) is 63.3 Å². The number of aliphatic hydroxyl groups excluding tert-OH is 2. The van der Waals surface area contributed by atoms with E-state index in [1.54, 1.807) is 0 Å². The molecule has 0 bridgehead atoms. The van der Waals surface area contributed by atoms with Crippen LogP contribution in [0.1, 0.15) is 63.0 Å². The lowest BCUT2D eigenvalue weighted by Crippen LogP contribution is -2.51. The summed E-state index contributed by atoms with van der Waals surface area (Å²) in [7, 11) is 3.83. The van der Waals surface area contributed by atoms with Gasteiger partial charge in [-0.05, 0) is 50.9 Å². The Kier molecular flexibility index (Phi) is 13.2. The molecular weight excluding hydrogens is 334 g/mol. The van der Waals surface area contributed by atoms with E-state index in [2.05, 4.69) is 31.2 Å². The van der Waals surface area contributed by atoms with Gasteiger partial charge >= 0.3 is 0 Å². The molecule has 1 rings (SSSR count). The normalized spacial score (nSPS) is 11.6. The van der Waals surface area contributed by atoms with E-state index in [9.17, 15) is 10.2 Å². The Morgan fingerprint density at radius 1 is 0.800 bits per heavy atom. The van der Waals surface area contributed by atoms with Crippen LogP contribution < -0.4 is 0 Å². The first-order chi connectivity index (χ1) is 11.6. The summed E-state index contributed by atoms with van der Waals surface area (Å²) in [6, 6.07) is 8.86. The van der Waals surface area contributed by atoms with Crippen molar-refractivity contribution in [1.82, 2.24) is 4.90 Å². The Morgan fingerprint density at radius 2 is 1.28 bits per heavy atom. The van der Waals surface area contributed by atoms with Crippen LogP contribution >= 0.6 is 12.4 Å². The van der Waals surface area contributed by atoms with Gasteiger partial charge in [0.25, 0.3) is 0 Å². The van der Waals surface area contributed by atoms with E-state index in [-0.39, 0.29) is 25.6 Å². The Bertz CT molecular complexity index is 430. The third-order valence-corrected chi connectivity index (χ3v) is 5.26. The summed E-state index contributed by atoms with van der Waals surface area (Å²) in [5.41, 5.74) is 2.16. The molecule has 0 fully saturated rings. The number of halogens is 1. The third kappa shape index (κ3) is 8.54. The number of aliphatic hydroxyl groups is 2. The van der Waals surface area contributed by atoms with E-state index in [1.165, 1.54) is 56.1 Å². The molecule has 25 heavy (non-hydrogen) atoms. The minimum Gasteiger partial charge on any atom is -0.394 e. The zero-order valence-electron chi connectivity index (χ0n) is 16.3. The summed E-state index contributed by atoms with van der Waals surface area (Å²) < 4.78 is 0. The second kappa shape index (κ2) is 13.6. The zero-order valence-corrected chi connectivity index (χ0v) is 17.2. The molecule has 1 aromatic rings. The highest BCUT2D eigenvalue weighted by Crippen LogP contribution is 2.20. The molecule has 0 heterocycles. The van der Waals surface area contributed by atoms with Crippen LogP contribution in [0.25, 0.3) is 0 Å². The summed E-state index contributed by atoms with van der Waals surface area (Å²) >= 11 is 0. The smallest absolute Gasteiger partial charge is 0.0671 e. The monoisotopic (exact) mass is 371 g/mol. The topological polar surface area (TPSA) is 43.7 Å². The van der Waals surface area contributed by atoms with Crippen molar-refractivity contribution in [2.75, 3.05) is 27.3 Å². The maximum atomic E-state index is 9.64. The van der Waals surface area contributed by atoms with Gasteiger partial charge in [-0.3, -0.25) is 4.90 Å². The fourth-order valence-corrected chi connectivity index (χ4v) is 3.07. The summed E-state index contributed by atoms with van der Waals surface area (Å²) in [5, 5.41) is 19.3. The summed E-state index contributed by atoms with van der Waals surface area (Å²) in [6.07, 6.45) is 10.8. The van der Waals surface area contributed by atoms with Crippen LogP contribution in [0.4, 0.5) is 0 Å². The molecule has 0 aliphatic heterocycles. The molecule has 146 valence electrons. The van der Waals surface area contributed by atoms with E-state index in [1.807, 2.05) is 19.0 Å². The van der Waals surface area contributed by atoms with Crippen LogP contribution in [0.5, 0.6) is 0 Å². The van der Waals surface area contributed by atoms with Crippen LogP contribution in [0, 0.1) is 0 Å². The van der Waals surface area contributed by atoms with E-state index < -0.39 is 5.54 Å². The third-order valence-electron chi connectivity index (χ3n) is 5.26. The highest BCUT2D eigenvalue weighted by atomic mass is 35.5. The Labute approximate surface area is 160 Å². The van der Waals surface area contributed by atoms with Crippen molar-refractivity contribution in [3.63, 3.8) is 0 Å². The standard InChI is InChI=1S/C21H37NO2.ClH/c1-4-5-6-7-8-9-10-19-11-13-20(14-12-19)15-16-21(17-23,18-24)22(2)3;/h11-14,23-24H,4-10,15-18H2,1-3H3;1H. The molecule has 0 saturated carbocycles. The average molecular weight is 372 g/mol. The number of aryl methyl sites for hydroxylation is 2. The number of likely N-dealkylation sites (N-methyl/N-ethyl adjacent to an activating group) is 1. The molecule has 1 aromatic carbocycles. The molecule has 0 aliphatic rings. The van der Waals surface area contributed by atoms with Gasteiger partial charge < -0.3 is 10.2 Å². The van der Waals surface area contributed by atoms with Crippen molar-refractivity contribution in [3.8, 4) is 0 Å². The molecule has 0 spiro atoms. The number of hydrogen-bond acceptors (Lipinski definition) is 3. The van der Waals surface area contributed by atoms with Crippen molar-refractivity contribution in [2.24, 2.45) is 0 Å². The lowest BCUT2D eigenvalue weighted by Gasteiger charge is -2.36. The molecule has 4 heteroatoms. The van der Waals surface area contributed by atoms with Crippen LogP contribution in [0.15, 0.2) is 24.3 Å². The van der Waals surface area contributed by atoms with E-state index in [4.69, 9.17) is 0 Å². The Balaban J connectivity index is 0.00000576. The molecule has 0 unspecified atom stereocenters. The average Bonchev–Trinajstić information content (AvgIpc) is 2.60. The van der Waals surface area contributed by atoms with Crippen molar-refractivity contribution in [3.05, 3.63) is 35.4 Å². The molecule has 0 aromatic heterocycles. The number of rotatable bonds is 13. The molecule has 0 radical (unpaired) electrons. The molecule has 0 aliphatic carbocycles. The maximum absolute atomic E-state index is 9.64. The zero-order chi connectivity index (χ0) is 17.8. The number of nitrogens with zero attached hydrogens (tertiary/aromatic N) is 1. The number of hydrogen-bond donors (Lipinski definition) is 2. The summed E-state index contributed by atoms with van der Waals surface area (Å²) in [6.45, 7) is 2.21. The van der Waals surface area contributed by atoms with Gasteiger partial charge in [0.05, 0.1) is 18.8 Å². The Morgan fingerprint density at radius 3 is 1.76 bits per heavy atom. The molecular formula is C21H38ClNO2. The maximum Gasteiger partial charge on any atom is 0.0671 e. The molecule has 2 N–H and O–H groups in total. The van der Waals surface area contributed by atoms with Crippen LogP contribution in [-0.2, 0) is 12.8 Å². The second-order valence-electron chi connectivity index (χ2n) is 7.27. The molecule has 0 amide bonds. The number of benzene rings is 1. The highest BCUT2D eigenvalue weighted by molar-refractivity contribution is 5.85. The fraction of sp³-hybridized carbons (Fsp3) is 0.714. The number of unbranched alkanes of at least 4 members (excludes halogenated alkanes) is 5. The first-order valence-corrected chi connectivity index (χ1v) is 9.55. The van der Waals surface area contributed by atoms with Gasteiger partial charge in [-0.15, -0.1) is 12.4 Å². The molecule has 0 saturated heterocycles. The van der Waals surface area contributed by atoms with Crippen LogP contribution in [0.2, 0.25) is 0 Å². The van der Waals surface area contributed by atoms with Crippen molar-refractivity contribution < 1.29 is 10.2 Å². The largest absolute Gasteiger partial charge is 0.394 e. The summed E-state index contributed by atoms with van der Waals surface area (Å²) in [4.78, 5) is 1.93. The van der Waals surface area contributed by atoms with Crippen LogP contribution in [-0.4, -0.2) is 48.0 Å². The molecule has 3 nitrogen and oxygen atoms in total. The lowest BCUT2D eigenvalue weighted by atomic mass is 9.91. The van der Waals surface area contributed by atoms with Gasteiger partial charge in [-0.2, -0.15) is 0 Å². The SMILES string of the molecule is CCCCCCCCc1ccc(CCC(CO)(CO)N(C)C)cc1.Cl. The highest BCUT2D eigenvalue weighted by Gasteiger charge is 2.30.